The van der Waals surface area contributed by atoms with Crippen LogP contribution < -0.4 is 5.32 Å². The summed E-state index contributed by atoms with van der Waals surface area (Å²) < 4.78 is 2.33. The number of hydrogen-bond donors (Lipinski definition) is 1. The van der Waals surface area contributed by atoms with Crippen LogP contribution in [0.1, 0.15) is 49.0 Å². The average Bonchev–Trinajstić information content (AvgIpc) is 3.09. The lowest BCUT2D eigenvalue weighted by molar-refractivity contribution is 0.339. The zero-order chi connectivity index (χ0) is 14.4. The van der Waals surface area contributed by atoms with Crippen LogP contribution in [0.25, 0.3) is 10.7 Å². The molecule has 4 rings (SSSR count). The number of aryl methyl sites for hydroxylation is 2. The van der Waals surface area contributed by atoms with Gasteiger partial charge in [0.2, 0.25) is 0 Å². The highest BCUT2D eigenvalue weighted by Crippen LogP contribution is 2.36. The summed E-state index contributed by atoms with van der Waals surface area (Å²) in [4.78, 5) is 2.88. The number of thiophene rings is 1. The van der Waals surface area contributed by atoms with E-state index in [1.807, 2.05) is 11.3 Å². The van der Waals surface area contributed by atoms with Gasteiger partial charge in [0.15, 0.2) is 11.6 Å². The predicted octanol–water partition coefficient (Wildman–Crippen LogP) is 3.19. The lowest BCUT2D eigenvalue weighted by Gasteiger charge is -2.27. The summed E-state index contributed by atoms with van der Waals surface area (Å²) in [6, 6.07) is 2.69. The molecule has 112 valence electrons. The summed E-state index contributed by atoms with van der Waals surface area (Å²) in [7, 11) is 0. The molecule has 0 radical (unpaired) electrons. The summed E-state index contributed by atoms with van der Waals surface area (Å²) in [6.07, 6.45) is 5.16. The Hall–Kier alpha value is -1.20. The van der Waals surface area contributed by atoms with Crippen molar-refractivity contribution in [2.24, 2.45) is 5.92 Å². The van der Waals surface area contributed by atoms with Gasteiger partial charge in [-0.05, 0) is 43.2 Å². The van der Waals surface area contributed by atoms with Crippen LogP contribution in [-0.2, 0) is 19.4 Å². The van der Waals surface area contributed by atoms with E-state index in [-0.39, 0.29) is 0 Å². The van der Waals surface area contributed by atoms with E-state index in [1.165, 1.54) is 30.6 Å². The normalized spacial score (nSPS) is 21.4. The van der Waals surface area contributed by atoms with E-state index in [0.29, 0.717) is 12.0 Å². The van der Waals surface area contributed by atoms with E-state index in [9.17, 15) is 0 Å². The Morgan fingerprint density at radius 1 is 1.29 bits per heavy atom. The molecule has 0 bridgehead atoms. The van der Waals surface area contributed by atoms with E-state index >= 15 is 0 Å². The third-order valence-corrected chi connectivity index (χ3v) is 5.87. The molecule has 0 spiro atoms. The molecule has 2 aromatic heterocycles. The zero-order valence-electron chi connectivity index (χ0n) is 12.7. The summed E-state index contributed by atoms with van der Waals surface area (Å²) >= 11 is 1.93. The van der Waals surface area contributed by atoms with Crippen molar-refractivity contribution in [1.82, 2.24) is 20.1 Å². The highest BCUT2D eigenvalue weighted by atomic mass is 32.1. The van der Waals surface area contributed by atoms with Crippen molar-refractivity contribution < 1.29 is 0 Å². The Bertz CT molecular complexity index is 632. The van der Waals surface area contributed by atoms with Gasteiger partial charge >= 0.3 is 0 Å². The van der Waals surface area contributed by atoms with Crippen LogP contribution in [0.4, 0.5) is 0 Å². The largest absolute Gasteiger partial charge is 0.308 e. The van der Waals surface area contributed by atoms with Crippen molar-refractivity contribution in [3.05, 3.63) is 22.3 Å². The second-order valence-electron chi connectivity index (χ2n) is 6.48. The Morgan fingerprint density at radius 3 is 2.95 bits per heavy atom. The number of fused-ring (bicyclic) bond motifs is 2. The number of nitrogens with zero attached hydrogens (tertiary/aromatic N) is 3. The van der Waals surface area contributed by atoms with Crippen molar-refractivity contribution in [1.29, 1.82) is 0 Å². The Balaban J connectivity index is 1.75. The molecule has 0 fully saturated rings. The highest BCUT2D eigenvalue weighted by molar-refractivity contribution is 7.15. The fourth-order valence-corrected chi connectivity index (χ4v) is 4.75. The van der Waals surface area contributed by atoms with Crippen LogP contribution in [0.2, 0.25) is 0 Å². The maximum atomic E-state index is 4.53. The molecule has 0 amide bonds. The van der Waals surface area contributed by atoms with Gasteiger partial charge in [-0.25, -0.2) is 0 Å². The van der Waals surface area contributed by atoms with E-state index in [0.717, 1.165) is 24.7 Å². The van der Waals surface area contributed by atoms with E-state index in [1.54, 1.807) is 10.4 Å². The molecule has 1 aliphatic heterocycles. The van der Waals surface area contributed by atoms with E-state index < -0.39 is 0 Å². The maximum Gasteiger partial charge on any atom is 0.174 e. The molecule has 0 aromatic carbocycles. The van der Waals surface area contributed by atoms with Crippen LogP contribution in [-0.4, -0.2) is 21.3 Å². The second-order valence-corrected chi connectivity index (χ2v) is 7.61. The minimum atomic E-state index is 0.328. The number of rotatable bonds is 2. The molecule has 1 aliphatic carbocycles. The summed E-state index contributed by atoms with van der Waals surface area (Å²) in [5, 5.41) is 12.6. The predicted molar refractivity (Wildman–Crippen MR) is 85.6 cm³/mol. The second kappa shape index (κ2) is 5.21. The van der Waals surface area contributed by atoms with Crippen molar-refractivity contribution in [3.8, 4) is 10.7 Å². The quantitative estimate of drug-likeness (QED) is 0.926. The van der Waals surface area contributed by atoms with Gasteiger partial charge in [0, 0.05) is 18.0 Å². The molecule has 5 heteroatoms. The SMILES string of the molecule is CC(C)C1NCCn2c(-c3cc4c(s3)CCCC4)nnc21. The van der Waals surface area contributed by atoms with Crippen LogP contribution in [0.5, 0.6) is 0 Å². The molecular formula is C16H22N4S. The highest BCUT2D eigenvalue weighted by Gasteiger charge is 2.28. The smallest absolute Gasteiger partial charge is 0.174 e. The standard InChI is InChI=1S/C16H22N4S/c1-10(2)14-16-19-18-15(20(16)8-7-17-14)13-9-11-5-3-4-6-12(11)21-13/h9-10,14,17H,3-8H2,1-2H3. The van der Waals surface area contributed by atoms with Gasteiger partial charge in [-0.3, -0.25) is 0 Å². The minimum Gasteiger partial charge on any atom is -0.308 e. The lowest BCUT2D eigenvalue weighted by Crippen LogP contribution is -2.36. The van der Waals surface area contributed by atoms with Crippen molar-refractivity contribution in [2.45, 2.75) is 52.1 Å². The van der Waals surface area contributed by atoms with Gasteiger partial charge in [-0.1, -0.05) is 13.8 Å². The molecule has 2 aromatic rings. The van der Waals surface area contributed by atoms with Crippen molar-refractivity contribution in [2.75, 3.05) is 6.54 Å². The van der Waals surface area contributed by atoms with Crippen LogP contribution in [0.15, 0.2) is 6.07 Å². The molecule has 0 saturated carbocycles. The van der Waals surface area contributed by atoms with Crippen molar-refractivity contribution in [3.63, 3.8) is 0 Å². The summed E-state index contributed by atoms with van der Waals surface area (Å²) in [6.45, 7) is 6.46. The molecule has 4 nitrogen and oxygen atoms in total. The number of nitrogens with one attached hydrogen (secondary N) is 1. The van der Waals surface area contributed by atoms with Gasteiger partial charge < -0.3 is 9.88 Å². The fourth-order valence-electron chi connectivity index (χ4n) is 3.51. The number of hydrogen-bond acceptors (Lipinski definition) is 4. The number of aromatic nitrogens is 3. The third-order valence-electron chi connectivity index (χ3n) is 4.64. The average molecular weight is 302 g/mol. The Morgan fingerprint density at radius 2 is 2.14 bits per heavy atom. The van der Waals surface area contributed by atoms with Gasteiger partial charge in [0.1, 0.15) is 0 Å². The van der Waals surface area contributed by atoms with Gasteiger partial charge in [-0.15, -0.1) is 21.5 Å². The molecule has 1 unspecified atom stereocenters. The monoisotopic (exact) mass is 302 g/mol. The molecule has 1 N–H and O–H groups in total. The lowest BCUT2D eigenvalue weighted by atomic mass is 9.99. The zero-order valence-corrected chi connectivity index (χ0v) is 13.5. The first kappa shape index (κ1) is 13.5. The first-order valence-corrected chi connectivity index (χ1v) is 8.84. The third kappa shape index (κ3) is 2.23. The van der Waals surface area contributed by atoms with Crippen LogP contribution >= 0.6 is 11.3 Å². The molecule has 1 atom stereocenters. The fraction of sp³-hybridized carbons (Fsp3) is 0.625. The topological polar surface area (TPSA) is 42.7 Å². The first-order valence-electron chi connectivity index (χ1n) is 8.02. The molecule has 2 aliphatic rings. The van der Waals surface area contributed by atoms with Crippen LogP contribution in [0.3, 0.4) is 0 Å². The van der Waals surface area contributed by atoms with Crippen LogP contribution in [0, 0.1) is 5.92 Å². The Kier molecular flexibility index (Phi) is 3.34. The maximum absolute atomic E-state index is 4.53. The van der Waals surface area contributed by atoms with E-state index in [2.05, 4.69) is 40.0 Å². The van der Waals surface area contributed by atoms with Crippen molar-refractivity contribution >= 4 is 11.3 Å². The Labute approximate surface area is 129 Å². The van der Waals surface area contributed by atoms with Gasteiger partial charge in [0.25, 0.3) is 0 Å². The van der Waals surface area contributed by atoms with Gasteiger partial charge in [-0.2, -0.15) is 0 Å². The summed E-state index contributed by atoms with van der Waals surface area (Å²) in [5.74, 6) is 2.73. The summed E-state index contributed by atoms with van der Waals surface area (Å²) in [5.41, 5.74) is 1.55. The molecular weight excluding hydrogens is 280 g/mol. The first-order chi connectivity index (χ1) is 10.2. The minimum absolute atomic E-state index is 0.328. The molecule has 21 heavy (non-hydrogen) atoms. The van der Waals surface area contributed by atoms with Gasteiger partial charge in [0.05, 0.1) is 10.9 Å². The molecule has 3 heterocycles. The van der Waals surface area contributed by atoms with E-state index in [4.69, 9.17) is 0 Å². The molecule has 0 saturated heterocycles.